The van der Waals surface area contributed by atoms with Crippen LogP contribution in [0.5, 0.6) is 0 Å². The van der Waals surface area contributed by atoms with Crippen LogP contribution in [0.3, 0.4) is 0 Å². The lowest BCUT2D eigenvalue weighted by Crippen LogP contribution is -2.48. The van der Waals surface area contributed by atoms with Crippen molar-refractivity contribution in [3.8, 4) is 0 Å². The van der Waals surface area contributed by atoms with Gasteiger partial charge in [-0.15, -0.1) is 0 Å². The molecule has 0 unspecified atom stereocenters. The Morgan fingerprint density at radius 3 is 2.38 bits per heavy atom. The highest BCUT2D eigenvalue weighted by atomic mass is 127. The van der Waals surface area contributed by atoms with E-state index in [1.54, 1.807) is 0 Å². The first-order chi connectivity index (χ1) is 7.56. The monoisotopic (exact) mass is 333 g/mol. The fraction of sp³-hybridized carbons (Fsp3) is 0.692. The molecule has 1 spiro atoms. The Kier molecular flexibility index (Phi) is 3.52. The molecule has 2 fully saturated rings. The Bertz CT molecular complexity index is 321. The van der Waals surface area contributed by atoms with Crippen LogP contribution in [0.15, 0.2) is 10.2 Å². The zero-order valence-electron chi connectivity index (χ0n) is 9.97. The van der Waals surface area contributed by atoms with Crippen molar-refractivity contribution in [3.05, 3.63) is 10.2 Å². The van der Waals surface area contributed by atoms with Gasteiger partial charge in [0, 0.05) is 13.1 Å². The SMILES string of the molecule is C=IC(=C)C(=O)N1CCC2(CC1)CC(C)C2. The molecular weight excluding hydrogens is 313 g/mol. The number of hydrogen-bond donors (Lipinski definition) is 0. The van der Waals surface area contributed by atoms with Crippen molar-refractivity contribution in [2.45, 2.75) is 32.6 Å². The van der Waals surface area contributed by atoms with Gasteiger partial charge in [-0.25, -0.2) is 0 Å². The highest BCUT2D eigenvalue weighted by Crippen LogP contribution is 2.52. The average Bonchev–Trinajstić information content (AvgIpc) is 2.26. The summed E-state index contributed by atoms with van der Waals surface area (Å²) in [7, 11) is 0. The minimum atomic E-state index is -0.380. The first kappa shape index (κ1) is 12.3. The van der Waals surface area contributed by atoms with E-state index in [1.807, 2.05) is 4.90 Å². The highest BCUT2D eigenvalue weighted by molar-refractivity contribution is 14.2. The number of halogens is 1. The van der Waals surface area contributed by atoms with Crippen molar-refractivity contribution < 1.29 is 4.79 Å². The number of amides is 1. The largest absolute Gasteiger partial charge is 0.338 e. The van der Waals surface area contributed by atoms with Gasteiger partial charge in [-0.1, -0.05) is 38.7 Å². The van der Waals surface area contributed by atoms with Gasteiger partial charge in [-0.05, 0) is 37.0 Å². The lowest BCUT2D eigenvalue weighted by atomic mass is 9.58. The van der Waals surface area contributed by atoms with Crippen molar-refractivity contribution in [2.24, 2.45) is 11.3 Å². The second kappa shape index (κ2) is 4.59. The Labute approximate surface area is 108 Å². The molecule has 0 aromatic carbocycles. The number of hydrogen-bond acceptors (Lipinski definition) is 1. The molecule has 1 aliphatic carbocycles. The van der Waals surface area contributed by atoms with E-state index in [-0.39, 0.29) is 26.6 Å². The maximum Gasteiger partial charge on any atom is 0.258 e. The van der Waals surface area contributed by atoms with E-state index < -0.39 is 0 Å². The van der Waals surface area contributed by atoms with E-state index in [0.29, 0.717) is 5.41 Å². The van der Waals surface area contributed by atoms with Crippen molar-refractivity contribution in [1.29, 1.82) is 0 Å². The van der Waals surface area contributed by atoms with Crippen LogP contribution in [0.2, 0.25) is 0 Å². The molecule has 0 atom stereocenters. The predicted molar refractivity (Wildman–Crippen MR) is 76.9 cm³/mol. The summed E-state index contributed by atoms with van der Waals surface area (Å²) in [6, 6.07) is 0. The van der Waals surface area contributed by atoms with Crippen LogP contribution in [0.1, 0.15) is 32.6 Å². The van der Waals surface area contributed by atoms with E-state index in [1.165, 1.54) is 25.7 Å². The van der Waals surface area contributed by atoms with E-state index in [0.717, 1.165) is 22.6 Å². The summed E-state index contributed by atoms with van der Waals surface area (Å²) >= 11 is -0.380. The van der Waals surface area contributed by atoms with Crippen LogP contribution in [0, 0.1) is 11.3 Å². The number of nitrogens with zero attached hydrogens (tertiary/aromatic N) is 1. The standard InChI is InChI=1S/C13H20INO/c1-10-8-13(9-10)4-6-15(7-5-13)12(16)11(2)14-3/h10H,2-9H2,1H3. The normalized spacial score (nSPS) is 24.2. The molecular formula is C13H20INO. The molecule has 1 saturated heterocycles. The molecule has 1 heterocycles. The third-order valence-electron chi connectivity index (χ3n) is 4.07. The summed E-state index contributed by atoms with van der Waals surface area (Å²) in [5.41, 5.74) is 0.594. The van der Waals surface area contributed by atoms with Gasteiger partial charge in [-0.2, -0.15) is 0 Å². The van der Waals surface area contributed by atoms with Crippen LogP contribution in [0.4, 0.5) is 0 Å². The zero-order chi connectivity index (χ0) is 11.8. The minimum absolute atomic E-state index is 0.171. The molecule has 0 aromatic heterocycles. The lowest BCUT2D eigenvalue weighted by Gasteiger charge is -2.51. The molecule has 0 radical (unpaired) electrons. The Hall–Kier alpha value is -0.190. The Morgan fingerprint density at radius 1 is 1.38 bits per heavy atom. The molecule has 2 nitrogen and oxygen atoms in total. The molecule has 16 heavy (non-hydrogen) atoms. The van der Waals surface area contributed by atoms with Crippen LogP contribution >= 0.6 is 20.7 Å². The van der Waals surface area contributed by atoms with Gasteiger partial charge in [0.05, 0.1) is 3.58 Å². The molecule has 2 aliphatic rings. The predicted octanol–water partition coefficient (Wildman–Crippen LogP) is 2.94. The summed E-state index contributed by atoms with van der Waals surface area (Å²) in [5.74, 6) is 1.08. The third kappa shape index (κ3) is 2.24. The van der Waals surface area contributed by atoms with Gasteiger partial charge in [0.1, 0.15) is 0 Å². The molecule has 0 bridgehead atoms. The third-order valence-corrected chi connectivity index (χ3v) is 5.45. The summed E-state index contributed by atoms with van der Waals surface area (Å²) in [6.07, 6.45) is 5.15. The van der Waals surface area contributed by atoms with Gasteiger partial charge >= 0.3 is 0 Å². The van der Waals surface area contributed by atoms with Crippen LogP contribution < -0.4 is 0 Å². The Balaban J connectivity index is 1.88. The van der Waals surface area contributed by atoms with Crippen molar-refractivity contribution in [3.63, 3.8) is 0 Å². The number of rotatable bonds is 2. The zero-order valence-corrected chi connectivity index (χ0v) is 12.1. The van der Waals surface area contributed by atoms with Crippen LogP contribution in [-0.2, 0) is 4.79 Å². The van der Waals surface area contributed by atoms with E-state index in [4.69, 9.17) is 0 Å². The molecule has 0 N–H and O–H groups in total. The summed E-state index contributed by atoms with van der Waals surface area (Å²) < 4.78 is 4.59. The number of carbonyl (C=O) groups is 1. The molecule has 1 saturated carbocycles. The maximum absolute atomic E-state index is 11.9. The van der Waals surface area contributed by atoms with Gasteiger partial charge in [-0.3, -0.25) is 4.79 Å². The van der Waals surface area contributed by atoms with E-state index in [9.17, 15) is 4.79 Å². The van der Waals surface area contributed by atoms with Crippen molar-refractivity contribution in [1.82, 2.24) is 4.90 Å². The number of piperidine rings is 1. The molecule has 90 valence electrons. The molecule has 0 aromatic rings. The van der Waals surface area contributed by atoms with Crippen LogP contribution in [0.25, 0.3) is 0 Å². The lowest BCUT2D eigenvalue weighted by molar-refractivity contribution is -0.130. The molecule has 2 rings (SSSR count). The van der Waals surface area contributed by atoms with E-state index in [2.05, 4.69) is 18.0 Å². The fourth-order valence-corrected chi connectivity index (χ4v) is 3.91. The minimum Gasteiger partial charge on any atom is -0.338 e. The second-order valence-corrected chi connectivity index (χ2v) is 7.41. The fourth-order valence-electron chi connectivity index (χ4n) is 3.24. The summed E-state index contributed by atoms with van der Waals surface area (Å²) in [6.45, 7) is 8.03. The van der Waals surface area contributed by atoms with Crippen molar-refractivity contribution in [2.75, 3.05) is 13.1 Å². The summed E-state index contributed by atoms with van der Waals surface area (Å²) in [5, 5.41) is 0. The van der Waals surface area contributed by atoms with Crippen LogP contribution in [-0.4, -0.2) is 28.4 Å². The van der Waals surface area contributed by atoms with Crippen molar-refractivity contribution >= 4 is 31.2 Å². The number of likely N-dealkylation sites (tertiary alicyclic amines) is 1. The van der Waals surface area contributed by atoms with Gasteiger partial charge in [0.2, 0.25) is 0 Å². The maximum atomic E-state index is 11.9. The average molecular weight is 333 g/mol. The molecule has 1 amide bonds. The Morgan fingerprint density at radius 2 is 1.94 bits per heavy atom. The molecule has 3 heteroatoms. The topological polar surface area (TPSA) is 20.3 Å². The summed E-state index contributed by atoms with van der Waals surface area (Å²) in [4.78, 5) is 13.9. The van der Waals surface area contributed by atoms with Gasteiger partial charge < -0.3 is 4.90 Å². The molecule has 1 aliphatic heterocycles. The smallest absolute Gasteiger partial charge is 0.258 e. The highest BCUT2D eigenvalue weighted by Gasteiger charge is 2.44. The second-order valence-electron chi connectivity index (χ2n) is 5.34. The first-order valence-corrected chi connectivity index (χ1v) is 8.53. The quantitative estimate of drug-likeness (QED) is 0.562. The van der Waals surface area contributed by atoms with Gasteiger partial charge in [0.15, 0.2) is 0 Å². The van der Waals surface area contributed by atoms with E-state index >= 15 is 0 Å². The first-order valence-electron chi connectivity index (χ1n) is 5.93. The van der Waals surface area contributed by atoms with Gasteiger partial charge in [0.25, 0.3) is 5.91 Å². The number of carbonyl (C=O) groups excluding carboxylic acids is 1.